The zero-order chi connectivity index (χ0) is 14.3. The third-order valence-electron chi connectivity index (χ3n) is 2.56. The minimum atomic E-state index is -0.368. The minimum absolute atomic E-state index is 0.0687. The molecule has 0 amide bonds. The van der Waals surface area contributed by atoms with Crippen molar-refractivity contribution in [1.29, 1.82) is 0 Å². The van der Waals surface area contributed by atoms with E-state index in [9.17, 15) is 9.90 Å². The summed E-state index contributed by atoms with van der Waals surface area (Å²) in [5.74, 6) is 0.584. The van der Waals surface area contributed by atoms with Gasteiger partial charge in [0.1, 0.15) is 0 Å². The molecule has 0 saturated heterocycles. The van der Waals surface area contributed by atoms with Crippen molar-refractivity contribution in [3.8, 4) is 11.5 Å². The number of phenols is 1. The van der Waals surface area contributed by atoms with Crippen LogP contribution in [0.25, 0.3) is 6.08 Å². The van der Waals surface area contributed by atoms with E-state index in [-0.39, 0.29) is 11.7 Å². The van der Waals surface area contributed by atoms with Crippen LogP contribution in [0, 0.1) is 5.92 Å². The van der Waals surface area contributed by atoms with Crippen molar-refractivity contribution in [3.05, 3.63) is 29.8 Å². The Morgan fingerprint density at radius 1 is 1.42 bits per heavy atom. The molecule has 1 rings (SSSR count). The van der Waals surface area contributed by atoms with Gasteiger partial charge in [-0.2, -0.15) is 0 Å². The van der Waals surface area contributed by atoms with Crippen molar-refractivity contribution in [1.82, 2.24) is 0 Å². The van der Waals surface area contributed by atoms with Gasteiger partial charge in [-0.25, -0.2) is 4.79 Å². The highest BCUT2D eigenvalue weighted by molar-refractivity contribution is 5.87. The number of phenolic OH excluding ortho intramolecular Hbond substituents is 1. The molecule has 0 aliphatic carbocycles. The molecule has 0 unspecified atom stereocenters. The first-order valence-electron chi connectivity index (χ1n) is 6.24. The van der Waals surface area contributed by atoms with Crippen LogP contribution in [-0.2, 0) is 9.53 Å². The van der Waals surface area contributed by atoms with Crippen molar-refractivity contribution >= 4 is 12.0 Å². The fourth-order valence-corrected chi connectivity index (χ4v) is 1.41. The van der Waals surface area contributed by atoms with E-state index in [1.54, 1.807) is 18.2 Å². The Bertz CT molecular complexity index is 449. The van der Waals surface area contributed by atoms with Crippen molar-refractivity contribution in [2.24, 2.45) is 5.92 Å². The van der Waals surface area contributed by atoms with Crippen LogP contribution in [0.3, 0.4) is 0 Å². The zero-order valence-corrected chi connectivity index (χ0v) is 11.6. The Labute approximate surface area is 113 Å². The Morgan fingerprint density at radius 2 is 2.16 bits per heavy atom. The maximum absolute atomic E-state index is 11.4. The van der Waals surface area contributed by atoms with E-state index in [0.29, 0.717) is 18.3 Å². The maximum atomic E-state index is 11.4. The minimum Gasteiger partial charge on any atom is -0.504 e. The van der Waals surface area contributed by atoms with Crippen LogP contribution < -0.4 is 4.74 Å². The average Bonchev–Trinajstić information content (AvgIpc) is 2.37. The van der Waals surface area contributed by atoms with Gasteiger partial charge in [-0.3, -0.25) is 0 Å². The lowest BCUT2D eigenvalue weighted by Gasteiger charge is -2.05. The smallest absolute Gasteiger partial charge is 0.330 e. The number of benzene rings is 1. The molecule has 104 valence electrons. The van der Waals surface area contributed by atoms with Crippen molar-refractivity contribution in [2.45, 2.75) is 20.3 Å². The fraction of sp³-hybridized carbons (Fsp3) is 0.400. The van der Waals surface area contributed by atoms with Gasteiger partial charge in [-0.05, 0) is 36.1 Å². The first-order valence-corrected chi connectivity index (χ1v) is 6.24. The molecule has 0 aromatic heterocycles. The van der Waals surface area contributed by atoms with Crippen LogP contribution >= 0.6 is 0 Å². The molecule has 0 radical (unpaired) electrons. The molecule has 0 heterocycles. The third kappa shape index (κ3) is 5.46. The number of ether oxygens (including phenoxy) is 2. The summed E-state index contributed by atoms with van der Waals surface area (Å²) in [6.07, 6.45) is 3.85. The molecule has 1 aromatic rings. The van der Waals surface area contributed by atoms with Crippen LogP contribution in [0.4, 0.5) is 0 Å². The highest BCUT2D eigenvalue weighted by atomic mass is 16.5. The summed E-state index contributed by atoms with van der Waals surface area (Å²) < 4.78 is 10.0. The van der Waals surface area contributed by atoms with Gasteiger partial charge in [0.2, 0.25) is 0 Å². The standard InChI is InChI=1S/C15H20O4/c1-11(2)8-9-19-15(17)7-5-12-4-6-13(16)14(10-12)18-3/h4-7,10-11,16H,8-9H2,1-3H3. The number of carbonyl (C=O) groups is 1. The Hall–Kier alpha value is -1.97. The molecule has 0 fully saturated rings. The molecule has 4 nitrogen and oxygen atoms in total. The quantitative estimate of drug-likeness (QED) is 0.634. The van der Waals surface area contributed by atoms with E-state index in [2.05, 4.69) is 13.8 Å². The molecular weight excluding hydrogens is 244 g/mol. The van der Waals surface area contributed by atoms with Gasteiger partial charge in [0.25, 0.3) is 0 Å². The highest BCUT2D eigenvalue weighted by Gasteiger charge is 2.02. The molecule has 0 aliphatic heterocycles. The lowest BCUT2D eigenvalue weighted by atomic mass is 10.1. The molecule has 0 saturated carbocycles. The molecule has 4 heteroatoms. The maximum Gasteiger partial charge on any atom is 0.330 e. The first-order chi connectivity index (χ1) is 9.02. The second-order valence-corrected chi connectivity index (χ2v) is 4.61. The fourth-order valence-electron chi connectivity index (χ4n) is 1.41. The van der Waals surface area contributed by atoms with Gasteiger partial charge >= 0.3 is 5.97 Å². The molecule has 0 spiro atoms. The van der Waals surface area contributed by atoms with E-state index >= 15 is 0 Å². The van der Waals surface area contributed by atoms with Crippen LogP contribution in [0.1, 0.15) is 25.8 Å². The number of hydrogen-bond donors (Lipinski definition) is 1. The van der Waals surface area contributed by atoms with Gasteiger partial charge in [-0.15, -0.1) is 0 Å². The second kappa shape index (κ2) is 7.46. The molecule has 1 N–H and O–H groups in total. The summed E-state index contributed by atoms with van der Waals surface area (Å²) in [5.41, 5.74) is 0.760. The zero-order valence-electron chi connectivity index (χ0n) is 11.6. The summed E-state index contributed by atoms with van der Waals surface area (Å²) in [6, 6.07) is 4.85. The summed E-state index contributed by atoms with van der Waals surface area (Å²) in [5, 5.41) is 9.44. The molecule has 0 aliphatic rings. The number of carbonyl (C=O) groups excluding carboxylic acids is 1. The lowest BCUT2D eigenvalue weighted by molar-refractivity contribution is -0.137. The van der Waals surface area contributed by atoms with Crippen LogP contribution in [0.2, 0.25) is 0 Å². The summed E-state index contributed by atoms with van der Waals surface area (Å²) in [6.45, 7) is 4.58. The first kappa shape index (κ1) is 15.1. The molecular formula is C15H20O4. The number of methoxy groups -OCH3 is 1. The number of aromatic hydroxyl groups is 1. The summed E-state index contributed by atoms with van der Waals surface area (Å²) in [7, 11) is 1.47. The Morgan fingerprint density at radius 3 is 2.79 bits per heavy atom. The lowest BCUT2D eigenvalue weighted by Crippen LogP contribution is -2.04. The van der Waals surface area contributed by atoms with Crippen molar-refractivity contribution in [3.63, 3.8) is 0 Å². The highest BCUT2D eigenvalue weighted by Crippen LogP contribution is 2.26. The third-order valence-corrected chi connectivity index (χ3v) is 2.56. The van der Waals surface area contributed by atoms with Crippen molar-refractivity contribution < 1.29 is 19.4 Å². The Balaban J connectivity index is 2.54. The molecule has 1 aromatic carbocycles. The molecule has 19 heavy (non-hydrogen) atoms. The molecule has 0 bridgehead atoms. The van der Waals surface area contributed by atoms with Gasteiger partial charge in [-0.1, -0.05) is 19.9 Å². The monoisotopic (exact) mass is 264 g/mol. The SMILES string of the molecule is COc1cc(C=CC(=O)OCCC(C)C)ccc1O. The van der Waals surface area contributed by atoms with Gasteiger partial charge in [0.15, 0.2) is 11.5 Å². The normalized spacial score (nSPS) is 10.9. The van der Waals surface area contributed by atoms with E-state index in [1.165, 1.54) is 19.3 Å². The number of esters is 1. The Kier molecular flexibility index (Phi) is 5.93. The predicted octanol–water partition coefficient (Wildman–Crippen LogP) is 3.00. The van der Waals surface area contributed by atoms with Crippen molar-refractivity contribution in [2.75, 3.05) is 13.7 Å². The van der Waals surface area contributed by atoms with E-state index in [4.69, 9.17) is 9.47 Å². The summed E-state index contributed by atoms with van der Waals surface area (Å²) in [4.78, 5) is 11.4. The van der Waals surface area contributed by atoms with Crippen LogP contribution in [-0.4, -0.2) is 24.8 Å². The van der Waals surface area contributed by atoms with Gasteiger partial charge in [0.05, 0.1) is 13.7 Å². The number of rotatable bonds is 6. The van der Waals surface area contributed by atoms with Crippen LogP contribution in [0.15, 0.2) is 24.3 Å². The van der Waals surface area contributed by atoms with E-state index in [1.807, 2.05) is 0 Å². The predicted molar refractivity (Wildman–Crippen MR) is 74.1 cm³/mol. The number of hydrogen-bond acceptors (Lipinski definition) is 4. The van der Waals surface area contributed by atoms with E-state index in [0.717, 1.165) is 12.0 Å². The summed E-state index contributed by atoms with van der Waals surface area (Å²) >= 11 is 0. The van der Waals surface area contributed by atoms with E-state index < -0.39 is 0 Å². The van der Waals surface area contributed by atoms with Gasteiger partial charge in [0, 0.05) is 6.08 Å². The largest absolute Gasteiger partial charge is 0.504 e. The molecule has 0 atom stereocenters. The topological polar surface area (TPSA) is 55.8 Å². The second-order valence-electron chi connectivity index (χ2n) is 4.61. The van der Waals surface area contributed by atoms with Crippen LogP contribution in [0.5, 0.6) is 11.5 Å². The average molecular weight is 264 g/mol. The van der Waals surface area contributed by atoms with Gasteiger partial charge < -0.3 is 14.6 Å².